The van der Waals surface area contributed by atoms with Crippen molar-refractivity contribution in [2.24, 2.45) is 0 Å². The van der Waals surface area contributed by atoms with E-state index in [1.807, 2.05) is 18.3 Å². The number of amides is 1. The van der Waals surface area contributed by atoms with Crippen LogP contribution in [0.5, 0.6) is 0 Å². The Bertz CT molecular complexity index is 698. The molecule has 0 spiro atoms. The lowest BCUT2D eigenvalue weighted by molar-refractivity contribution is -0.121. The number of piperidine rings is 1. The van der Waals surface area contributed by atoms with E-state index in [-0.39, 0.29) is 23.0 Å². The van der Waals surface area contributed by atoms with E-state index in [9.17, 15) is 4.79 Å². The molecule has 2 heterocycles. The van der Waals surface area contributed by atoms with Gasteiger partial charge in [0.2, 0.25) is 5.91 Å². The van der Waals surface area contributed by atoms with E-state index in [1.165, 1.54) is 5.39 Å². The fourth-order valence-electron chi connectivity index (χ4n) is 4.09. The number of hydrogen-bond acceptors (Lipinski definition) is 2. The van der Waals surface area contributed by atoms with Crippen LogP contribution in [0.2, 0.25) is 0 Å². The third-order valence-corrected chi connectivity index (χ3v) is 4.54. The molecule has 0 unspecified atom stereocenters. The Morgan fingerprint density at radius 2 is 1.87 bits per heavy atom. The fraction of sp³-hybridized carbons (Fsp3) is 0.526. The monoisotopic (exact) mass is 313 g/mol. The molecule has 3 rings (SSSR count). The number of carbonyl (C=O) groups excluding carboxylic acids is 1. The van der Waals surface area contributed by atoms with E-state index in [0.29, 0.717) is 6.42 Å². The Labute approximate surface area is 138 Å². The lowest BCUT2D eigenvalue weighted by atomic mass is 9.79. The van der Waals surface area contributed by atoms with Gasteiger partial charge in [0.15, 0.2) is 0 Å². The number of aromatic nitrogens is 1. The zero-order valence-corrected chi connectivity index (χ0v) is 14.5. The van der Waals surface area contributed by atoms with Crippen LogP contribution >= 0.6 is 0 Å². The van der Waals surface area contributed by atoms with Gasteiger partial charge in [0, 0.05) is 28.8 Å². The zero-order chi connectivity index (χ0) is 16.7. The van der Waals surface area contributed by atoms with E-state index in [1.54, 1.807) is 0 Å². The minimum absolute atomic E-state index is 0.0445. The van der Waals surface area contributed by atoms with Crippen molar-refractivity contribution < 1.29 is 4.79 Å². The van der Waals surface area contributed by atoms with Crippen molar-refractivity contribution in [1.29, 1.82) is 0 Å². The summed E-state index contributed by atoms with van der Waals surface area (Å²) in [4.78, 5) is 15.6. The number of H-pyrrole nitrogens is 1. The Kier molecular flexibility index (Phi) is 3.96. The van der Waals surface area contributed by atoms with Crippen LogP contribution in [0.4, 0.5) is 0 Å². The highest BCUT2D eigenvalue weighted by molar-refractivity contribution is 5.83. The molecule has 4 heteroatoms. The van der Waals surface area contributed by atoms with E-state index in [4.69, 9.17) is 0 Å². The first-order chi connectivity index (χ1) is 10.7. The largest absolute Gasteiger partial charge is 0.361 e. The molecule has 0 aliphatic carbocycles. The summed E-state index contributed by atoms with van der Waals surface area (Å²) in [6.07, 6.45) is 4.27. The lowest BCUT2D eigenvalue weighted by Crippen LogP contribution is -2.62. The molecular formula is C19H27N3O. The van der Waals surface area contributed by atoms with Crippen molar-refractivity contribution in [3.8, 4) is 0 Å². The van der Waals surface area contributed by atoms with E-state index < -0.39 is 0 Å². The molecule has 0 saturated carbocycles. The Balaban J connectivity index is 1.64. The standard InChI is InChI=1S/C19H27N3O/c1-18(2)11-15(12-19(3,4)22-18)21-17(23)10-13-5-6-14-7-8-20-16(14)9-13/h5-9,15,20,22H,10-12H2,1-4H3,(H,21,23). The highest BCUT2D eigenvalue weighted by atomic mass is 16.1. The molecule has 1 amide bonds. The fourth-order valence-corrected chi connectivity index (χ4v) is 4.09. The molecular weight excluding hydrogens is 286 g/mol. The van der Waals surface area contributed by atoms with Gasteiger partial charge in [0.25, 0.3) is 0 Å². The molecule has 2 aromatic rings. The van der Waals surface area contributed by atoms with Crippen LogP contribution in [0.3, 0.4) is 0 Å². The molecule has 1 aliphatic heterocycles. The van der Waals surface area contributed by atoms with Crippen LogP contribution in [0.1, 0.15) is 46.1 Å². The van der Waals surface area contributed by atoms with Crippen LogP contribution in [0, 0.1) is 0 Å². The highest BCUT2D eigenvalue weighted by Gasteiger charge is 2.38. The van der Waals surface area contributed by atoms with E-state index in [2.05, 4.69) is 55.4 Å². The Morgan fingerprint density at radius 1 is 1.17 bits per heavy atom. The summed E-state index contributed by atoms with van der Waals surface area (Å²) < 4.78 is 0. The zero-order valence-electron chi connectivity index (χ0n) is 14.5. The van der Waals surface area contributed by atoms with E-state index in [0.717, 1.165) is 23.9 Å². The number of nitrogens with one attached hydrogen (secondary N) is 3. The molecule has 4 nitrogen and oxygen atoms in total. The summed E-state index contributed by atoms with van der Waals surface area (Å²) in [6.45, 7) is 8.80. The van der Waals surface area contributed by atoms with Crippen LogP contribution in [0.25, 0.3) is 10.9 Å². The second kappa shape index (κ2) is 5.68. The topological polar surface area (TPSA) is 56.9 Å². The predicted molar refractivity (Wildman–Crippen MR) is 94.5 cm³/mol. The molecule has 1 saturated heterocycles. The van der Waals surface area contributed by atoms with Crippen molar-refractivity contribution in [3.63, 3.8) is 0 Å². The molecule has 0 radical (unpaired) electrons. The second-order valence-electron chi connectivity index (χ2n) is 8.14. The first-order valence-corrected chi connectivity index (χ1v) is 8.37. The summed E-state index contributed by atoms with van der Waals surface area (Å²) in [6, 6.07) is 8.42. The number of rotatable bonds is 3. The maximum absolute atomic E-state index is 12.4. The SMILES string of the molecule is CC1(C)CC(NC(=O)Cc2ccc3cc[nH]c3c2)CC(C)(C)N1. The highest BCUT2D eigenvalue weighted by Crippen LogP contribution is 2.28. The van der Waals surface area contributed by atoms with Gasteiger partial charge in [-0.25, -0.2) is 0 Å². The quantitative estimate of drug-likeness (QED) is 0.815. The maximum Gasteiger partial charge on any atom is 0.224 e. The summed E-state index contributed by atoms with van der Waals surface area (Å²) in [5.74, 6) is 0.106. The molecule has 1 aromatic carbocycles. The summed E-state index contributed by atoms with van der Waals surface area (Å²) >= 11 is 0. The van der Waals surface area contributed by atoms with Crippen LogP contribution in [0.15, 0.2) is 30.5 Å². The van der Waals surface area contributed by atoms with Gasteiger partial charge in [-0.15, -0.1) is 0 Å². The van der Waals surface area contributed by atoms with Crippen LogP contribution in [-0.4, -0.2) is 28.0 Å². The van der Waals surface area contributed by atoms with Crippen molar-refractivity contribution >= 4 is 16.8 Å². The predicted octanol–water partition coefficient (Wildman–Crippen LogP) is 3.14. The Morgan fingerprint density at radius 3 is 2.57 bits per heavy atom. The average Bonchev–Trinajstić information content (AvgIpc) is 2.81. The Hall–Kier alpha value is -1.81. The summed E-state index contributed by atoms with van der Waals surface area (Å²) in [7, 11) is 0. The van der Waals surface area contributed by atoms with Crippen molar-refractivity contribution in [2.45, 2.75) is 64.1 Å². The van der Waals surface area contributed by atoms with Gasteiger partial charge in [-0.2, -0.15) is 0 Å². The van der Waals surface area contributed by atoms with Crippen molar-refractivity contribution in [3.05, 3.63) is 36.0 Å². The van der Waals surface area contributed by atoms with Crippen LogP contribution < -0.4 is 10.6 Å². The summed E-state index contributed by atoms with van der Waals surface area (Å²) in [5.41, 5.74) is 2.22. The summed E-state index contributed by atoms with van der Waals surface area (Å²) in [5, 5.41) is 8.05. The number of hydrogen-bond donors (Lipinski definition) is 3. The molecule has 0 atom stereocenters. The van der Waals surface area contributed by atoms with Gasteiger partial charge in [-0.05, 0) is 63.6 Å². The first kappa shape index (κ1) is 16.1. The number of fused-ring (bicyclic) bond motifs is 1. The van der Waals surface area contributed by atoms with Crippen LogP contribution in [-0.2, 0) is 11.2 Å². The van der Waals surface area contributed by atoms with Gasteiger partial charge in [-0.3, -0.25) is 4.79 Å². The molecule has 124 valence electrons. The normalized spacial score (nSPS) is 20.5. The average molecular weight is 313 g/mol. The molecule has 1 aliphatic rings. The number of aromatic amines is 1. The minimum Gasteiger partial charge on any atom is -0.361 e. The second-order valence-corrected chi connectivity index (χ2v) is 8.14. The molecule has 1 fully saturated rings. The van der Waals surface area contributed by atoms with Gasteiger partial charge in [0.1, 0.15) is 0 Å². The molecule has 0 bridgehead atoms. The third-order valence-electron chi connectivity index (χ3n) is 4.54. The van der Waals surface area contributed by atoms with Gasteiger partial charge < -0.3 is 15.6 Å². The third kappa shape index (κ3) is 3.94. The number of benzene rings is 1. The first-order valence-electron chi connectivity index (χ1n) is 8.37. The van der Waals surface area contributed by atoms with Crippen molar-refractivity contribution in [2.75, 3.05) is 0 Å². The van der Waals surface area contributed by atoms with Gasteiger partial charge in [0.05, 0.1) is 6.42 Å². The minimum atomic E-state index is 0.0445. The molecule has 3 N–H and O–H groups in total. The number of carbonyl (C=O) groups is 1. The molecule has 23 heavy (non-hydrogen) atoms. The van der Waals surface area contributed by atoms with Crippen molar-refractivity contribution in [1.82, 2.24) is 15.6 Å². The maximum atomic E-state index is 12.4. The molecule has 1 aromatic heterocycles. The van der Waals surface area contributed by atoms with Gasteiger partial charge in [-0.1, -0.05) is 12.1 Å². The van der Waals surface area contributed by atoms with E-state index >= 15 is 0 Å². The van der Waals surface area contributed by atoms with Gasteiger partial charge >= 0.3 is 0 Å². The smallest absolute Gasteiger partial charge is 0.224 e. The lowest BCUT2D eigenvalue weighted by Gasteiger charge is -2.46.